The summed E-state index contributed by atoms with van der Waals surface area (Å²) in [6, 6.07) is 5.27. The van der Waals surface area contributed by atoms with Crippen LogP contribution in [0.5, 0.6) is 0 Å². The molecule has 4 nitrogen and oxygen atoms in total. The van der Waals surface area contributed by atoms with Crippen molar-refractivity contribution in [1.29, 1.82) is 0 Å². The summed E-state index contributed by atoms with van der Waals surface area (Å²) in [6.45, 7) is 4.20. The second kappa shape index (κ2) is 5.23. The Morgan fingerprint density at radius 1 is 1.37 bits per heavy atom. The number of nitrogens with two attached hydrogens (primary N) is 1. The Labute approximate surface area is 115 Å². The summed E-state index contributed by atoms with van der Waals surface area (Å²) >= 11 is 0. The van der Waals surface area contributed by atoms with E-state index in [0.29, 0.717) is 11.4 Å². The Balaban J connectivity index is 2.35. The maximum absolute atomic E-state index is 12.5. The molecule has 0 aliphatic heterocycles. The third-order valence-corrected chi connectivity index (χ3v) is 5.97. The van der Waals surface area contributed by atoms with Gasteiger partial charge in [-0.05, 0) is 49.8 Å². The molecule has 5 heteroatoms. The van der Waals surface area contributed by atoms with Gasteiger partial charge in [0.1, 0.15) is 0 Å². The predicted molar refractivity (Wildman–Crippen MR) is 76.3 cm³/mol. The summed E-state index contributed by atoms with van der Waals surface area (Å²) < 4.78 is 28.0. The third-order valence-electron chi connectivity index (χ3n) is 4.24. The van der Waals surface area contributed by atoms with Crippen LogP contribution in [-0.4, -0.2) is 14.0 Å². The van der Waals surface area contributed by atoms with Gasteiger partial charge in [-0.15, -0.1) is 0 Å². The Morgan fingerprint density at radius 3 is 2.53 bits per heavy atom. The summed E-state index contributed by atoms with van der Waals surface area (Å²) in [5.74, 6) is 0. The molecule has 1 aliphatic rings. The van der Waals surface area contributed by atoms with Crippen LogP contribution in [0.1, 0.15) is 43.7 Å². The lowest BCUT2D eigenvalue weighted by Crippen LogP contribution is -2.52. The van der Waals surface area contributed by atoms with Crippen LogP contribution < -0.4 is 10.5 Å². The fourth-order valence-electron chi connectivity index (χ4n) is 2.64. The molecule has 0 bridgehead atoms. The van der Waals surface area contributed by atoms with Gasteiger partial charge in [-0.3, -0.25) is 0 Å². The van der Waals surface area contributed by atoms with Gasteiger partial charge in [0.25, 0.3) is 0 Å². The summed E-state index contributed by atoms with van der Waals surface area (Å²) in [5, 5.41) is 0. The molecule has 0 aromatic heterocycles. The average Bonchev–Trinajstić information content (AvgIpc) is 2.34. The normalized spacial score (nSPS) is 18.1. The predicted octanol–water partition coefficient (Wildman–Crippen LogP) is 2.06. The van der Waals surface area contributed by atoms with Crippen molar-refractivity contribution < 1.29 is 8.42 Å². The molecular weight excluding hydrogens is 260 g/mol. The lowest BCUT2D eigenvalue weighted by Gasteiger charge is -2.41. The molecule has 0 atom stereocenters. The molecule has 0 saturated heterocycles. The quantitative estimate of drug-likeness (QED) is 0.868. The molecule has 19 heavy (non-hydrogen) atoms. The fourth-order valence-corrected chi connectivity index (χ4v) is 4.46. The molecule has 0 heterocycles. The van der Waals surface area contributed by atoms with Gasteiger partial charge in [0.2, 0.25) is 10.0 Å². The topological polar surface area (TPSA) is 72.2 Å². The van der Waals surface area contributed by atoms with Gasteiger partial charge in [0.15, 0.2) is 0 Å². The summed E-state index contributed by atoms with van der Waals surface area (Å²) in [6.07, 6.45) is 3.79. The Hall–Kier alpha value is -0.910. The highest BCUT2D eigenvalue weighted by atomic mass is 32.2. The van der Waals surface area contributed by atoms with Gasteiger partial charge in [0, 0.05) is 12.1 Å². The number of hydrogen-bond donors (Lipinski definition) is 2. The average molecular weight is 282 g/mol. The van der Waals surface area contributed by atoms with Gasteiger partial charge in [-0.1, -0.05) is 19.1 Å². The zero-order valence-corrected chi connectivity index (χ0v) is 12.4. The third kappa shape index (κ3) is 2.68. The zero-order valence-electron chi connectivity index (χ0n) is 11.6. The van der Waals surface area contributed by atoms with Crippen LogP contribution in [0.3, 0.4) is 0 Å². The second-order valence-electron chi connectivity index (χ2n) is 5.34. The molecule has 1 aliphatic carbocycles. The second-order valence-corrected chi connectivity index (χ2v) is 6.99. The lowest BCUT2D eigenvalue weighted by atomic mass is 9.76. The first-order valence-electron chi connectivity index (χ1n) is 6.77. The van der Waals surface area contributed by atoms with Crippen LogP contribution in [0.15, 0.2) is 23.1 Å². The van der Waals surface area contributed by atoms with Crippen molar-refractivity contribution in [3.8, 4) is 0 Å². The maximum atomic E-state index is 12.5. The van der Waals surface area contributed by atoms with Crippen molar-refractivity contribution in [2.45, 2.75) is 56.5 Å². The van der Waals surface area contributed by atoms with Crippen molar-refractivity contribution in [3.05, 3.63) is 29.3 Å². The molecule has 1 saturated carbocycles. The minimum absolute atomic E-state index is 0.232. The van der Waals surface area contributed by atoms with Crippen LogP contribution in [0.2, 0.25) is 0 Å². The van der Waals surface area contributed by atoms with Crippen LogP contribution in [0.25, 0.3) is 0 Å². The van der Waals surface area contributed by atoms with E-state index in [1.165, 1.54) is 0 Å². The number of benzene rings is 1. The number of nitrogens with one attached hydrogen (secondary N) is 1. The van der Waals surface area contributed by atoms with E-state index in [1.54, 1.807) is 12.1 Å². The SMILES string of the molecule is CCC1(NS(=O)(=O)c2cccc(CN)c2C)CCC1. The van der Waals surface area contributed by atoms with E-state index in [1.807, 2.05) is 19.9 Å². The van der Waals surface area contributed by atoms with Crippen molar-refractivity contribution in [2.75, 3.05) is 0 Å². The van der Waals surface area contributed by atoms with Crippen LogP contribution >= 0.6 is 0 Å². The molecule has 0 unspecified atom stereocenters. The van der Waals surface area contributed by atoms with Crippen molar-refractivity contribution in [1.82, 2.24) is 4.72 Å². The molecule has 0 amide bonds. The van der Waals surface area contributed by atoms with E-state index < -0.39 is 10.0 Å². The van der Waals surface area contributed by atoms with E-state index in [9.17, 15) is 8.42 Å². The van der Waals surface area contributed by atoms with Gasteiger partial charge in [-0.25, -0.2) is 13.1 Å². The molecule has 1 fully saturated rings. The van der Waals surface area contributed by atoms with Gasteiger partial charge in [-0.2, -0.15) is 0 Å². The molecule has 2 rings (SSSR count). The maximum Gasteiger partial charge on any atom is 0.241 e. The summed E-state index contributed by atoms with van der Waals surface area (Å²) in [4.78, 5) is 0.357. The van der Waals surface area contributed by atoms with Crippen molar-refractivity contribution in [2.24, 2.45) is 5.73 Å². The Morgan fingerprint density at radius 2 is 2.05 bits per heavy atom. The molecule has 0 radical (unpaired) electrons. The van der Waals surface area contributed by atoms with E-state index in [4.69, 9.17) is 5.73 Å². The Bertz CT molecular complexity index is 557. The van der Waals surface area contributed by atoms with Crippen LogP contribution in [-0.2, 0) is 16.6 Å². The first-order chi connectivity index (χ1) is 8.94. The van der Waals surface area contributed by atoms with Gasteiger partial charge in [0.05, 0.1) is 4.90 Å². The van der Waals surface area contributed by atoms with Crippen molar-refractivity contribution >= 4 is 10.0 Å². The standard InChI is InChI=1S/C14H22N2O2S/c1-3-14(8-5-9-14)16-19(17,18)13-7-4-6-12(10-15)11(13)2/h4,6-7,16H,3,5,8-10,15H2,1-2H3. The van der Waals surface area contributed by atoms with E-state index in [2.05, 4.69) is 4.72 Å². The monoisotopic (exact) mass is 282 g/mol. The highest BCUT2D eigenvalue weighted by Gasteiger charge is 2.39. The highest BCUT2D eigenvalue weighted by Crippen LogP contribution is 2.36. The van der Waals surface area contributed by atoms with Gasteiger partial charge < -0.3 is 5.73 Å². The first-order valence-corrected chi connectivity index (χ1v) is 8.25. The first kappa shape index (κ1) is 14.5. The van der Waals surface area contributed by atoms with Crippen LogP contribution in [0.4, 0.5) is 0 Å². The molecule has 1 aromatic carbocycles. The lowest BCUT2D eigenvalue weighted by molar-refractivity contribution is 0.214. The fraction of sp³-hybridized carbons (Fsp3) is 0.571. The molecule has 3 N–H and O–H groups in total. The summed E-state index contributed by atoms with van der Waals surface area (Å²) in [5.41, 5.74) is 7.04. The van der Waals surface area contributed by atoms with E-state index in [0.717, 1.165) is 36.8 Å². The minimum atomic E-state index is -3.46. The molecular formula is C14H22N2O2S. The Kier molecular flexibility index (Phi) is 3.99. The van der Waals surface area contributed by atoms with Crippen molar-refractivity contribution in [3.63, 3.8) is 0 Å². The number of rotatable bonds is 5. The number of sulfonamides is 1. The molecule has 1 aromatic rings. The molecule has 0 spiro atoms. The largest absolute Gasteiger partial charge is 0.326 e. The smallest absolute Gasteiger partial charge is 0.241 e. The number of hydrogen-bond acceptors (Lipinski definition) is 3. The molecule has 106 valence electrons. The zero-order chi connectivity index (χ0) is 14.1. The highest BCUT2D eigenvalue weighted by molar-refractivity contribution is 7.89. The van der Waals surface area contributed by atoms with E-state index >= 15 is 0 Å². The van der Waals surface area contributed by atoms with E-state index in [-0.39, 0.29) is 5.54 Å². The minimum Gasteiger partial charge on any atom is -0.326 e. The summed E-state index contributed by atoms with van der Waals surface area (Å²) in [7, 11) is -3.46. The van der Waals surface area contributed by atoms with Crippen LogP contribution in [0, 0.1) is 6.92 Å². The van der Waals surface area contributed by atoms with Gasteiger partial charge >= 0.3 is 0 Å².